The Kier molecular flexibility index (Phi) is 8.53. The zero-order chi connectivity index (χ0) is 42.8. The van der Waals surface area contributed by atoms with Crippen LogP contribution in [0.25, 0.3) is 104 Å². The minimum absolute atomic E-state index is 0.855. The van der Waals surface area contributed by atoms with E-state index in [9.17, 15) is 0 Å². The number of benzene rings is 11. The van der Waals surface area contributed by atoms with Crippen molar-refractivity contribution in [1.29, 1.82) is 0 Å². The van der Waals surface area contributed by atoms with Crippen molar-refractivity contribution in [3.8, 4) is 39.1 Å². The lowest BCUT2D eigenvalue weighted by Gasteiger charge is -2.26. The SMILES string of the molecule is c1cc(-c2ccc(N(c3ccc(-c4cccc(-n5c6ccccc6c6ccccc65)c4)cc3)c3cccc4c3oc3c5ccccc5ccc43)cc2)cc(-c2cccc3ccccc23)c1. The fraction of sp³-hybridized carbons (Fsp3) is 0. The monoisotopic (exact) mass is 828 g/mol. The van der Waals surface area contributed by atoms with Crippen LogP contribution in [0.15, 0.2) is 247 Å². The lowest BCUT2D eigenvalue weighted by atomic mass is 9.95. The maximum atomic E-state index is 6.96. The first-order chi connectivity index (χ1) is 32.2. The van der Waals surface area contributed by atoms with Gasteiger partial charge in [-0.2, -0.15) is 0 Å². The molecular weight excluding hydrogens is 789 g/mol. The second-order valence-corrected chi connectivity index (χ2v) is 16.9. The van der Waals surface area contributed by atoms with Gasteiger partial charge in [0.25, 0.3) is 0 Å². The van der Waals surface area contributed by atoms with Gasteiger partial charge >= 0.3 is 0 Å². The number of hydrogen-bond donors (Lipinski definition) is 0. The molecule has 13 aromatic rings. The maximum Gasteiger partial charge on any atom is 0.159 e. The molecule has 2 heterocycles. The fourth-order valence-electron chi connectivity index (χ4n) is 10.1. The van der Waals surface area contributed by atoms with E-state index < -0.39 is 0 Å². The molecule has 0 radical (unpaired) electrons. The van der Waals surface area contributed by atoms with Gasteiger partial charge in [0, 0.05) is 44.0 Å². The van der Waals surface area contributed by atoms with Crippen LogP contribution in [0.2, 0.25) is 0 Å². The molecule has 11 aromatic carbocycles. The largest absolute Gasteiger partial charge is 0.453 e. The number of furan rings is 1. The van der Waals surface area contributed by atoms with Crippen molar-refractivity contribution >= 4 is 82.4 Å². The van der Waals surface area contributed by atoms with Crippen LogP contribution in [-0.2, 0) is 0 Å². The van der Waals surface area contributed by atoms with Gasteiger partial charge in [-0.1, -0.05) is 176 Å². The number of hydrogen-bond acceptors (Lipinski definition) is 2. The number of fused-ring (bicyclic) bond motifs is 9. The number of aromatic nitrogens is 1. The van der Waals surface area contributed by atoms with Gasteiger partial charge in [0.2, 0.25) is 0 Å². The van der Waals surface area contributed by atoms with Gasteiger partial charge in [-0.25, -0.2) is 0 Å². The topological polar surface area (TPSA) is 21.3 Å². The quantitative estimate of drug-likeness (QED) is 0.160. The van der Waals surface area contributed by atoms with Crippen LogP contribution >= 0.6 is 0 Å². The predicted molar refractivity (Wildman–Crippen MR) is 274 cm³/mol. The third-order valence-electron chi connectivity index (χ3n) is 13.2. The zero-order valence-corrected chi connectivity index (χ0v) is 35.4. The Morgan fingerprint density at radius 3 is 1.52 bits per heavy atom. The average molecular weight is 829 g/mol. The Bertz CT molecular complexity index is 3890. The standard InChI is InChI=1S/C62H40N2O/c1-3-20-51-43(13-1)15-11-24-52(51)47-18-9-16-45(39-47)41-29-34-48(35-30-41)63(60-28-12-25-56-57-38-33-44-14-2-4-21-53(44)61(57)65-62(56)60)49-36-31-42(32-37-49)46-17-10-19-50(40-46)64-58-26-7-5-22-54(58)55-23-6-8-27-59(55)64/h1-40H. The summed E-state index contributed by atoms with van der Waals surface area (Å²) in [7, 11) is 0. The Morgan fingerprint density at radius 1 is 0.308 bits per heavy atom. The summed E-state index contributed by atoms with van der Waals surface area (Å²) in [5, 5.41) is 9.49. The minimum atomic E-state index is 0.855. The molecule has 0 fully saturated rings. The summed E-state index contributed by atoms with van der Waals surface area (Å²) in [5.41, 5.74) is 15.4. The molecule has 0 spiro atoms. The predicted octanol–water partition coefficient (Wildman–Crippen LogP) is 17.5. The Balaban J connectivity index is 0.920. The van der Waals surface area contributed by atoms with E-state index in [-0.39, 0.29) is 0 Å². The van der Waals surface area contributed by atoms with Crippen molar-refractivity contribution in [2.75, 3.05) is 4.90 Å². The van der Waals surface area contributed by atoms with Crippen LogP contribution < -0.4 is 4.90 Å². The van der Waals surface area contributed by atoms with Crippen LogP contribution in [-0.4, -0.2) is 4.57 Å². The molecule has 3 nitrogen and oxygen atoms in total. The molecule has 0 aliphatic carbocycles. The van der Waals surface area contributed by atoms with E-state index in [1.165, 1.54) is 49.3 Å². The first kappa shape index (κ1) is 36.9. The number of anilines is 3. The highest BCUT2D eigenvalue weighted by molar-refractivity contribution is 6.17. The van der Waals surface area contributed by atoms with Gasteiger partial charge in [-0.3, -0.25) is 0 Å². The Labute approximate surface area is 376 Å². The highest BCUT2D eigenvalue weighted by Gasteiger charge is 2.21. The summed E-state index contributed by atoms with van der Waals surface area (Å²) in [6.07, 6.45) is 0. The van der Waals surface area contributed by atoms with Gasteiger partial charge in [-0.05, 0) is 116 Å². The minimum Gasteiger partial charge on any atom is -0.453 e. The average Bonchev–Trinajstić information content (AvgIpc) is 3.94. The number of rotatable bonds is 7. The molecule has 0 saturated heterocycles. The Morgan fingerprint density at radius 2 is 0.815 bits per heavy atom. The van der Waals surface area contributed by atoms with E-state index in [4.69, 9.17) is 4.42 Å². The molecule has 0 N–H and O–H groups in total. The maximum absolute atomic E-state index is 6.96. The van der Waals surface area contributed by atoms with Crippen LogP contribution in [0.3, 0.4) is 0 Å². The number of para-hydroxylation sites is 3. The lowest BCUT2D eigenvalue weighted by molar-refractivity contribution is 0.673. The van der Waals surface area contributed by atoms with Crippen molar-refractivity contribution in [3.63, 3.8) is 0 Å². The van der Waals surface area contributed by atoms with Gasteiger partial charge in [0.05, 0.1) is 16.7 Å². The molecular formula is C62H40N2O. The van der Waals surface area contributed by atoms with Crippen LogP contribution in [0, 0.1) is 0 Å². The van der Waals surface area contributed by atoms with E-state index in [2.05, 4.69) is 252 Å². The summed E-state index contributed by atoms with van der Waals surface area (Å²) in [6, 6.07) is 87.6. The van der Waals surface area contributed by atoms with Crippen molar-refractivity contribution in [2.24, 2.45) is 0 Å². The van der Waals surface area contributed by atoms with Gasteiger partial charge < -0.3 is 13.9 Å². The van der Waals surface area contributed by atoms with Crippen LogP contribution in [0.4, 0.5) is 17.1 Å². The highest BCUT2D eigenvalue weighted by Crippen LogP contribution is 2.45. The molecule has 0 aliphatic heterocycles. The zero-order valence-electron chi connectivity index (χ0n) is 35.4. The molecule has 0 aliphatic rings. The van der Waals surface area contributed by atoms with Crippen molar-refractivity contribution in [2.45, 2.75) is 0 Å². The Hall–Kier alpha value is -8.66. The molecule has 0 saturated carbocycles. The van der Waals surface area contributed by atoms with E-state index in [0.29, 0.717) is 0 Å². The molecule has 0 bridgehead atoms. The number of nitrogens with zero attached hydrogens (tertiary/aromatic N) is 2. The molecule has 13 rings (SSSR count). The van der Waals surface area contributed by atoms with Crippen LogP contribution in [0.1, 0.15) is 0 Å². The van der Waals surface area contributed by atoms with Gasteiger partial charge in [0.15, 0.2) is 5.58 Å². The lowest BCUT2D eigenvalue weighted by Crippen LogP contribution is -2.10. The van der Waals surface area contributed by atoms with E-state index >= 15 is 0 Å². The third-order valence-corrected chi connectivity index (χ3v) is 13.2. The van der Waals surface area contributed by atoms with Crippen molar-refractivity contribution in [1.82, 2.24) is 4.57 Å². The molecule has 304 valence electrons. The molecule has 65 heavy (non-hydrogen) atoms. The second kappa shape index (κ2) is 15.0. The molecule has 0 amide bonds. The van der Waals surface area contributed by atoms with Crippen LogP contribution in [0.5, 0.6) is 0 Å². The highest BCUT2D eigenvalue weighted by atomic mass is 16.3. The first-order valence-electron chi connectivity index (χ1n) is 22.2. The summed E-state index contributed by atoms with van der Waals surface area (Å²) in [5.74, 6) is 0. The summed E-state index contributed by atoms with van der Waals surface area (Å²) in [6.45, 7) is 0. The normalized spacial score (nSPS) is 11.7. The van der Waals surface area contributed by atoms with E-state index in [0.717, 1.165) is 72.2 Å². The summed E-state index contributed by atoms with van der Waals surface area (Å²) < 4.78 is 9.34. The molecule has 3 heteroatoms. The second-order valence-electron chi connectivity index (χ2n) is 16.9. The third kappa shape index (κ3) is 6.12. The van der Waals surface area contributed by atoms with Gasteiger partial charge in [0.1, 0.15) is 5.58 Å². The summed E-state index contributed by atoms with van der Waals surface area (Å²) in [4.78, 5) is 2.33. The fourth-order valence-corrected chi connectivity index (χ4v) is 10.1. The van der Waals surface area contributed by atoms with Crippen molar-refractivity contribution < 1.29 is 4.42 Å². The summed E-state index contributed by atoms with van der Waals surface area (Å²) >= 11 is 0. The van der Waals surface area contributed by atoms with Gasteiger partial charge in [-0.15, -0.1) is 0 Å². The molecule has 0 atom stereocenters. The van der Waals surface area contributed by atoms with E-state index in [1.807, 2.05) is 0 Å². The molecule has 0 unspecified atom stereocenters. The molecule has 2 aromatic heterocycles. The first-order valence-corrected chi connectivity index (χ1v) is 22.2. The van der Waals surface area contributed by atoms with E-state index in [1.54, 1.807) is 0 Å². The van der Waals surface area contributed by atoms with Crippen molar-refractivity contribution in [3.05, 3.63) is 243 Å². The smallest absolute Gasteiger partial charge is 0.159 e.